The highest BCUT2D eigenvalue weighted by Crippen LogP contribution is 2.39. The van der Waals surface area contributed by atoms with Crippen molar-refractivity contribution in [3.63, 3.8) is 0 Å². The van der Waals surface area contributed by atoms with Gasteiger partial charge < -0.3 is 5.32 Å². The monoisotopic (exact) mass is 257 g/mol. The van der Waals surface area contributed by atoms with Crippen molar-refractivity contribution < 1.29 is 0 Å². The highest BCUT2D eigenvalue weighted by atomic mass is 35.5. The molecule has 1 saturated carbocycles. The molecule has 98 valence electrons. The van der Waals surface area contributed by atoms with E-state index in [0.29, 0.717) is 6.04 Å². The fourth-order valence-corrected chi connectivity index (χ4v) is 2.01. The van der Waals surface area contributed by atoms with E-state index in [0.717, 1.165) is 19.0 Å². The molecule has 0 amide bonds. The van der Waals surface area contributed by atoms with Crippen molar-refractivity contribution in [2.75, 3.05) is 6.54 Å². The summed E-state index contributed by atoms with van der Waals surface area (Å²) in [5.41, 5.74) is 2.65. The molecule has 1 aliphatic carbocycles. The zero-order chi connectivity index (χ0) is 11.5. The minimum absolute atomic E-state index is 0. The number of aromatic nitrogens is 2. The molecule has 1 N–H and O–H groups in total. The first-order chi connectivity index (χ1) is 7.72. The molecular weight excluding hydrogens is 234 g/mol. The standard InChI is InChI=1S/C13H23N3.ClH/c1-4-7-14-9-12-8-13(11-5-6-11)15-16(12)10(2)3;/h8,10-11,14H,4-7,9H2,1-3H3;1H. The summed E-state index contributed by atoms with van der Waals surface area (Å²) < 4.78 is 2.18. The van der Waals surface area contributed by atoms with E-state index in [1.54, 1.807) is 0 Å². The van der Waals surface area contributed by atoms with E-state index >= 15 is 0 Å². The summed E-state index contributed by atoms with van der Waals surface area (Å²) in [5.74, 6) is 0.755. The number of rotatable bonds is 6. The second-order valence-electron chi connectivity index (χ2n) is 5.05. The predicted molar refractivity (Wildman–Crippen MR) is 73.8 cm³/mol. The normalized spacial score (nSPS) is 15.1. The van der Waals surface area contributed by atoms with E-state index in [1.165, 1.54) is 30.7 Å². The van der Waals surface area contributed by atoms with Crippen LogP contribution in [0, 0.1) is 0 Å². The molecule has 0 spiro atoms. The van der Waals surface area contributed by atoms with Crippen molar-refractivity contribution in [1.29, 1.82) is 0 Å². The Balaban J connectivity index is 0.00000144. The number of nitrogens with zero attached hydrogens (tertiary/aromatic N) is 2. The summed E-state index contributed by atoms with van der Waals surface area (Å²) in [5, 5.41) is 8.19. The second kappa shape index (κ2) is 6.41. The number of halogens is 1. The molecule has 0 unspecified atom stereocenters. The topological polar surface area (TPSA) is 29.9 Å². The van der Waals surface area contributed by atoms with E-state index in [2.05, 4.69) is 36.8 Å². The van der Waals surface area contributed by atoms with Gasteiger partial charge in [-0.15, -0.1) is 12.4 Å². The smallest absolute Gasteiger partial charge is 0.0659 e. The Bertz CT molecular complexity index is 342. The van der Waals surface area contributed by atoms with Crippen molar-refractivity contribution in [2.45, 2.75) is 58.5 Å². The summed E-state index contributed by atoms with van der Waals surface area (Å²) >= 11 is 0. The van der Waals surface area contributed by atoms with E-state index in [4.69, 9.17) is 5.10 Å². The number of nitrogens with one attached hydrogen (secondary N) is 1. The molecule has 4 heteroatoms. The lowest BCUT2D eigenvalue weighted by Gasteiger charge is -2.11. The van der Waals surface area contributed by atoms with Gasteiger partial charge in [0.05, 0.1) is 11.4 Å². The summed E-state index contributed by atoms with van der Waals surface area (Å²) in [6, 6.07) is 2.76. The maximum atomic E-state index is 4.73. The molecule has 1 fully saturated rings. The van der Waals surface area contributed by atoms with Crippen molar-refractivity contribution in [3.05, 3.63) is 17.5 Å². The quantitative estimate of drug-likeness (QED) is 0.793. The maximum absolute atomic E-state index is 4.73. The van der Waals surface area contributed by atoms with Gasteiger partial charge in [0.25, 0.3) is 0 Å². The Hall–Kier alpha value is -0.540. The van der Waals surface area contributed by atoms with Gasteiger partial charge in [0.1, 0.15) is 0 Å². The lowest BCUT2D eigenvalue weighted by atomic mass is 10.2. The van der Waals surface area contributed by atoms with Gasteiger partial charge in [-0.3, -0.25) is 4.68 Å². The first kappa shape index (κ1) is 14.5. The molecule has 0 atom stereocenters. The van der Waals surface area contributed by atoms with Gasteiger partial charge >= 0.3 is 0 Å². The molecule has 17 heavy (non-hydrogen) atoms. The minimum atomic E-state index is 0. The number of hydrogen-bond donors (Lipinski definition) is 1. The first-order valence-electron chi connectivity index (χ1n) is 6.51. The van der Waals surface area contributed by atoms with Crippen molar-refractivity contribution in [2.24, 2.45) is 0 Å². The molecule has 1 aromatic heterocycles. The molecule has 0 saturated heterocycles. The van der Waals surface area contributed by atoms with Crippen LogP contribution in [0.2, 0.25) is 0 Å². The zero-order valence-corrected chi connectivity index (χ0v) is 11.9. The van der Waals surface area contributed by atoms with E-state index < -0.39 is 0 Å². The van der Waals surface area contributed by atoms with Crippen LogP contribution in [0.4, 0.5) is 0 Å². The van der Waals surface area contributed by atoms with Crippen molar-refractivity contribution in [1.82, 2.24) is 15.1 Å². The molecule has 3 nitrogen and oxygen atoms in total. The van der Waals surface area contributed by atoms with Gasteiger partial charge in [0.15, 0.2) is 0 Å². The third kappa shape index (κ3) is 3.71. The molecule has 2 rings (SSSR count). The van der Waals surface area contributed by atoms with E-state index in [9.17, 15) is 0 Å². The first-order valence-corrected chi connectivity index (χ1v) is 6.51. The van der Waals surface area contributed by atoms with Crippen LogP contribution < -0.4 is 5.32 Å². The molecule has 1 aliphatic rings. The van der Waals surface area contributed by atoms with Crippen molar-refractivity contribution in [3.8, 4) is 0 Å². The molecule has 0 aromatic carbocycles. The second-order valence-corrected chi connectivity index (χ2v) is 5.05. The fraction of sp³-hybridized carbons (Fsp3) is 0.769. The van der Waals surface area contributed by atoms with Crippen LogP contribution in [0.15, 0.2) is 6.07 Å². The van der Waals surface area contributed by atoms with Gasteiger partial charge in [0, 0.05) is 18.5 Å². The molecule has 1 aromatic rings. The highest BCUT2D eigenvalue weighted by molar-refractivity contribution is 5.85. The Morgan fingerprint density at radius 3 is 2.71 bits per heavy atom. The minimum Gasteiger partial charge on any atom is -0.311 e. The Morgan fingerprint density at radius 1 is 1.47 bits per heavy atom. The Morgan fingerprint density at radius 2 is 2.18 bits per heavy atom. The van der Waals surface area contributed by atoms with Gasteiger partial charge in [-0.2, -0.15) is 5.10 Å². The van der Waals surface area contributed by atoms with Crippen molar-refractivity contribution >= 4 is 12.4 Å². The van der Waals surface area contributed by atoms with Gasteiger partial charge in [-0.05, 0) is 45.7 Å². The van der Waals surface area contributed by atoms with Crippen LogP contribution in [-0.4, -0.2) is 16.3 Å². The van der Waals surface area contributed by atoms with Gasteiger partial charge in [-0.1, -0.05) is 6.92 Å². The molecule has 1 heterocycles. The van der Waals surface area contributed by atoms with Gasteiger partial charge in [-0.25, -0.2) is 0 Å². The number of hydrogen-bond acceptors (Lipinski definition) is 2. The van der Waals surface area contributed by atoms with E-state index in [1.807, 2.05) is 0 Å². The molecule has 0 radical (unpaired) electrons. The summed E-state index contributed by atoms with van der Waals surface area (Å²) in [4.78, 5) is 0. The van der Waals surface area contributed by atoms with Gasteiger partial charge in [0.2, 0.25) is 0 Å². The summed E-state index contributed by atoms with van der Waals surface area (Å²) in [7, 11) is 0. The maximum Gasteiger partial charge on any atom is 0.0659 e. The molecular formula is C13H24ClN3. The average molecular weight is 258 g/mol. The van der Waals surface area contributed by atoms with Crippen LogP contribution in [0.3, 0.4) is 0 Å². The Kier molecular flexibility index (Phi) is 5.47. The highest BCUT2D eigenvalue weighted by Gasteiger charge is 2.27. The lowest BCUT2D eigenvalue weighted by molar-refractivity contribution is 0.491. The van der Waals surface area contributed by atoms with Crippen LogP contribution in [-0.2, 0) is 6.54 Å². The zero-order valence-electron chi connectivity index (χ0n) is 11.1. The largest absolute Gasteiger partial charge is 0.311 e. The van der Waals surface area contributed by atoms with E-state index in [-0.39, 0.29) is 12.4 Å². The SMILES string of the molecule is CCCNCc1cc(C2CC2)nn1C(C)C.Cl. The van der Waals surface area contributed by atoms with Crippen LogP contribution in [0.5, 0.6) is 0 Å². The van der Waals surface area contributed by atoms with Crippen LogP contribution >= 0.6 is 12.4 Å². The third-order valence-electron chi connectivity index (χ3n) is 3.05. The van der Waals surface area contributed by atoms with Crippen LogP contribution in [0.25, 0.3) is 0 Å². The lowest BCUT2D eigenvalue weighted by Crippen LogP contribution is -2.18. The van der Waals surface area contributed by atoms with Crippen LogP contribution in [0.1, 0.15) is 63.4 Å². The summed E-state index contributed by atoms with van der Waals surface area (Å²) in [6.45, 7) is 8.64. The average Bonchev–Trinajstić information content (AvgIpc) is 3.00. The Labute approximate surface area is 110 Å². The fourth-order valence-electron chi connectivity index (χ4n) is 2.01. The third-order valence-corrected chi connectivity index (χ3v) is 3.05. The summed E-state index contributed by atoms with van der Waals surface area (Å²) in [6.07, 6.45) is 3.85. The predicted octanol–water partition coefficient (Wildman–Crippen LogP) is 3.26. The molecule has 0 aliphatic heterocycles. The molecule has 0 bridgehead atoms.